The van der Waals surface area contributed by atoms with Gasteiger partial charge in [0.1, 0.15) is 6.73 Å². The molecule has 0 amide bonds. The second kappa shape index (κ2) is 6.16. The van der Waals surface area contributed by atoms with Crippen LogP contribution >= 0.6 is 0 Å². The SMILES string of the molecule is CC1(C)CCc2c(c(C(=O)O)nn2COCC[Si](C)(C)C)C1. The van der Waals surface area contributed by atoms with E-state index < -0.39 is 14.0 Å². The van der Waals surface area contributed by atoms with Gasteiger partial charge in [0.05, 0.1) is 0 Å². The molecule has 0 aromatic carbocycles. The lowest BCUT2D eigenvalue weighted by atomic mass is 9.76. The number of carboxylic acid groups (broad SMARTS) is 1. The summed E-state index contributed by atoms with van der Waals surface area (Å²) in [6.45, 7) is 12.4. The van der Waals surface area contributed by atoms with Gasteiger partial charge in [-0.25, -0.2) is 9.48 Å². The molecular formula is C16H28N2O3Si. The minimum absolute atomic E-state index is 0.143. The molecule has 1 aromatic heterocycles. The van der Waals surface area contributed by atoms with E-state index in [2.05, 4.69) is 38.6 Å². The molecule has 0 bridgehead atoms. The maximum Gasteiger partial charge on any atom is 0.356 e. The number of aromatic nitrogens is 2. The van der Waals surface area contributed by atoms with Gasteiger partial charge in [-0.2, -0.15) is 5.10 Å². The summed E-state index contributed by atoms with van der Waals surface area (Å²) in [6, 6.07) is 1.11. The molecule has 1 aromatic rings. The molecular weight excluding hydrogens is 296 g/mol. The Hall–Kier alpha value is -1.14. The van der Waals surface area contributed by atoms with Crippen molar-refractivity contribution in [3.63, 3.8) is 0 Å². The summed E-state index contributed by atoms with van der Waals surface area (Å²) in [6.07, 6.45) is 2.71. The third-order valence-electron chi connectivity index (χ3n) is 4.27. The largest absolute Gasteiger partial charge is 0.476 e. The molecule has 0 unspecified atom stereocenters. The average Bonchev–Trinajstić information content (AvgIpc) is 2.70. The number of hydrogen-bond acceptors (Lipinski definition) is 3. The summed E-state index contributed by atoms with van der Waals surface area (Å²) in [5, 5.41) is 13.7. The van der Waals surface area contributed by atoms with E-state index >= 15 is 0 Å². The normalized spacial score (nSPS) is 17.3. The van der Waals surface area contributed by atoms with E-state index in [1.54, 1.807) is 4.68 Å². The highest BCUT2D eigenvalue weighted by Crippen LogP contribution is 2.36. The van der Waals surface area contributed by atoms with Gasteiger partial charge < -0.3 is 9.84 Å². The molecule has 22 heavy (non-hydrogen) atoms. The van der Waals surface area contributed by atoms with Crippen molar-refractivity contribution in [2.75, 3.05) is 6.61 Å². The summed E-state index contributed by atoms with van der Waals surface area (Å²) < 4.78 is 7.51. The van der Waals surface area contributed by atoms with Crippen LogP contribution in [0, 0.1) is 5.41 Å². The lowest BCUT2D eigenvalue weighted by Gasteiger charge is -2.29. The van der Waals surface area contributed by atoms with E-state index in [4.69, 9.17) is 4.74 Å². The van der Waals surface area contributed by atoms with Gasteiger partial charge in [0.2, 0.25) is 0 Å². The number of carboxylic acids is 1. The highest BCUT2D eigenvalue weighted by molar-refractivity contribution is 6.76. The third-order valence-corrected chi connectivity index (χ3v) is 5.98. The fourth-order valence-corrected chi connectivity index (χ4v) is 3.59. The van der Waals surface area contributed by atoms with Crippen LogP contribution in [0.2, 0.25) is 25.7 Å². The van der Waals surface area contributed by atoms with Gasteiger partial charge in [-0.1, -0.05) is 33.5 Å². The Morgan fingerprint density at radius 1 is 1.41 bits per heavy atom. The maximum atomic E-state index is 11.4. The van der Waals surface area contributed by atoms with Gasteiger partial charge in [-0.05, 0) is 30.7 Å². The van der Waals surface area contributed by atoms with Crippen LogP contribution in [0.3, 0.4) is 0 Å². The minimum Gasteiger partial charge on any atom is -0.476 e. The number of hydrogen-bond donors (Lipinski definition) is 1. The van der Waals surface area contributed by atoms with E-state index in [1.807, 2.05) is 0 Å². The number of aromatic carboxylic acids is 1. The highest BCUT2D eigenvalue weighted by atomic mass is 28.3. The molecule has 124 valence electrons. The van der Waals surface area contributed by atoms with Gasteiger partial charge in [-0.3, -0.25) is 0 Å². The van der Waals surface area contributed by atoms with Crippen molar-refractivity contribution in [1.29, 1.82) is 0 Å². The lowest BCUT2D eigenvalue weighted by Crippen LogP contribution is -2.25. The molecule has 0 aliphatic heterocycles. The van der Waals surface area contributed by atoms with Gasteiger partial charge in [-0.15, -0.1) is 0 Å². The number of nitrogens with zero attached hydrogens (tertiary/aromatic N) is 2. The van der Waals surface area contributed by atoms with E-state index in [-0.39, 0.29) is 11.1 Å². The van der Waals surface area contributed by atoms with Crippen molar-refractivity contribution in [1.82, 2.24) is 9.78 Å². The molecule has 0 spiro atoms. The maximum absolute atomic E-state index is 11.4. The zero-order valence-electron chi connectivity index (χ0n) is 14.4. The summed E-state index contributed by atoms with van der Waals surface area (Å²) >= 11 is 0. The first-order chi connectivity index (χ1) is 10.1. The van der Waals surface area contributed by atoms with Gasteiger partial charge in [0.25, 0.3) is 0 Å². The Kier molecular flexibility index (Phi) is 4.82. The fraction of sp³-hybridized carbons (Fsp3) is 0.750. The Balaban J connectivity index is 2.11. The van der Waals surface area contributed by atoms with Gasteiger partial charge in [0, 0.05) is 25.9 Å². The van der Waals surface area contributed by atoms with E-state index in [0.717, 1.165) is 43.2 Å². The predicted molar refractivity (Wildman–Crippen MR) is 89.1 cm³/mol. The van der Waals surface area contributed by atoms with Crippen molar-refractivity contribution < 1.29 is 14.6 Å². The van der Waals surface area contributed by atoms with Crippen molar-refractivity contribution in [3.05, 3.63) is 17.0 Å². The van der Waals surface area contributed by atoms with Crippen LogP contribution in [0.15, 0.2) is 0 Å². The Morgan fingerprint density at radius 3 is 2.68 bits per heavy atom. The minimum atomic E-state index is -1.10. The van der Waals surface area contributed by atoms with Crippen LogP contribution in [0.1, 0.15) is 42.0 Å². The molecule has 1 aliphatic carbocycles. The Morgan fingerprint density at radius 2 is 2.09 bits per heavy atom. The summed E-state index contributed by atoms with van der Waals surface area (Å²) in [5.74, 6) is -0.935. The first-order valence-corrected chi connectivity index (χ1v) is 11.7. The van der Waals surface area contributed by atoms with Crippen LogP contribution in [-0.2, 0) is 24.3 Å². The van der Waals surface area contributed by atoms with Crippen molar-refractivity contribution in [2.45, 2.75) is 65.5 Å². The molecule has 0 saturated heterocycles. The first kappa shape index (κ1) is 17.2. The second-order valence-corrected chi connectivity index (χ2v) is 13.9. The standard InChI is InChI=1S/C16H28N2O3Si/c1-16(2)7-6-13-12(10-16)14(15(19)20)17-18(13)11-21-8-9-22(3,4)5/h6-11H2,1-5H3,(H,19,20). The zero-order chi connectivity index (χ0) is 16.5. The Labute approximate surface area is 133 Å². The fourth-order valence-electron chi connectivity index (χ4n) is 2.83. The average molecular weight is 324 g/mol. The molecule has 1 heterocycles. The number of carbonyl (C=O) groups is 1. The second-order valence-electron chi connectivity index (χ2n) is 8.27. The molecule has 0 saturated carbocycles. The third kappa shape index (κ3) is 4.20. The van der Waals surface area contributed by atoms with Crippen LogP contribution in [0.25, 0.3) is 0 Å². The van der Waals surface area contributed by atoms with E-state index in [1.165, 1.54) is 0 Å². The molecule has 6 heteroatoms. The van der Waals surface area contributed by atoms with Gasteiger partial charge in [0.15, 0.2) is 5.69 Å². The molecule has 0 radical (unpaired) electrons. The summed E-state index contributed by atoms with van der Waals surface area (Å²) in [5.41, 5.74) is 2.29. The molecule has 1 aliphatic rings. The topological polar surface area (TPSA) is 64.3 Å². The predicted octanol–water partition coefficient (Wildman–Crippen LogP) is 3.41. The number of ether oxygens (including phenoxy) is 1. The zero-order valence-corrected chi connectivity index (χ0v) is 15.4. The highest BCUT2D eigenvalue weighted by Gasteiger charge is 2.32. The molecule has 1 N–H and O–H groups in total. The summed E-state index contributed by atoms with van der Waals surface area (Å²) in [4.78, 5) is 11.4. The lowest BCUT2D eigenvalue weighted by molar-refractivity contribution is 0.0668. The van der Waals surface area contributed by atoms with Crippen LogP contribution in [0.5, 0.6) is 0 Å². The Bertz CT molecular complexity index is 558. The van der Waals surface area contributed by atoms with Crippen LogP contribution < -0.4 is 0 Å². The summed E-state index contributed by atoms with van der Waals surface area (Å²) in [7, 11) is -1.10. The van der Waals surface area contributed by atoms with Crippen molar-refractivity contribution in [3.8, 4) is 0 Å². The molecule has 0 atom stereocenters. The monoisotopic (exact) mass is 324 g/mol. The van der Waals surface area contributed by atoms with E-state index in [9.17, 15) is 9.90 Å². The van der Waals surface area contributed by atoms with Crippen LogP contribution in [0.4, 0.5) is 0 Å². The van der Waals surface area contributed by atoms with Crippen molar-refractivity contribution in [2.24, 2.45) is 5.41 Å². The van der Waals surface area contributed by atoms with Crippen LogP contribution in [-0.4, -0.2) is 35.5 Å². The van der Waals surface area contributed by atoms with E-state index in [0.29, 0.717) is 6.73 Å². The quantitative estimate of drug-likeness (QED) is 0.643. The smallest absolute Gasteiger partial charge is 0.356 e. The molecule has 0 fully saturated rings. The molecule has 2 rings (SSSR count). The first-order valence-electron chi connectivity index (χ1n) is 7.99. The van der Waals surface area contributed by atoms with Gasteiger partial charge >= 0.3 is 5.97 Å². The number of rotatable bonds is 6. The number of fused-ring (bicyclic) bond motifs is 1. The van der Waals surface area contributed by atoms with Crippen molar-refractivity contribution >= 4 is 14.0 Å². The molecule has 5 nitrogen and oxygen atoms in total.